The molecule has 6 atom stereocenters. The number of thiol groups is 1. The fourth-order valence-corrected chi connectivity index (χ4v) is 6.90. The minimum Gasteiger partial charge on any atom is -0.355 e. The number of anilines is 1. The fraction of sp³-hybridized carbons (Fsp3) is 0.400. The van der Waals surface area contributed by atoms with Crippen molar-refractivity contribution in [3.8, 4) is 11.4 Å². The molecule has 42 heavy (non-hydrogen) atoms. The minimum absolute atomic E-state index is 0.000267. The van der Waals surface area contributed by atoms with Gasteiger partial charge in [0.05, 0.1) is 19.8 Å². The Bertz CT molecular complexity index is 1780. The van der Waals surface area contributed by atoms with Crippen molar-refractivity contribution in [2.45, 2.75) is 37.8 Å². The van der Waals surface area contributed by atoms with Crippen LogP contribution in [0.2, 0.25) is 0 Å². The van der Waals surface area contributed by atoms with Crippen molar-refractivity contribution in [3.63, 3.8) is 0 Å². The second-order valence-electron chi connectivity index (χ2n) is 9.06. The maximum absolute atomic E-state index is 15.9. The van der Waals surface area contributed by atoms with E-state index in [4.69, 9.17) is 40.4 Å². The number of nitrogens with two attached hydrogens (primary N) is 1. The van der Waals surface area contributed by atoms with Gasteiger partial charge in [0.15, 0.2) is 30.3 Å². The summed E-state index contributed by atoms with van der Waals surface area (Å²) >= 11 is 9.16. The molecule has 1 saturated heterocycles. The number of halogens is 1. The first-order valence-corrected chi connectivity index (χ1v) is 17.5. The highest BCUT2D eigenvalue weighted by Crippen LogP contribution is 2.57. The average Bonchev–Trinajstić information content (AvgIpc) is 3.63. The third kappa shape index (κ3) is 6.05. The number of nitrogen functional groups attached to an aromatic ring is 1. The molecule has 0 radical (unpaired) electrons. The predicted molar refractivity (Wildman–Crippen MR) is 148 cm³/mol. The predicted octanol–water partition coefficient (Wildman–Crippen LogP) is 0.913. The van der Waals surface area contributed by atoms with Gasteiger partial charge >= 0.3 is 19.2 Å². The van der Waals surface area contributed by atoms with E-state index in [1.807, 2.05) is 0 Å². The van der Waals surface area contributed by atoms with E-state index in [-0.39, 0.29) is 36.1 Å². The number of hydrogen-bond donors (Lipinski definition) is 5. The average molecular weight is 663 g/mol. The Hall–Kier alpha value is -2.64. The summed E-state index contributed by atoms with van der Waals surface area (Å²) in [6.07, 6.45) is -1.96. The fourth-order valence-electron chi connectivity index (χ4n) is 4.40. The Labute approximate surface area is 245 Å². The van der Waals surface area contributed by atoms with E-state index < -0.39 is 56.9 Å². The molecule has 0 aliphatic carbocycles. The molecule has 0 amide bonds. The summed E-state index contributed by atoms with van der Waals surface area (Å²) in [5, 5.41) is 4.43. The number of rotatable bonds is 2. The van der Waals surface area contributed by atoms with Crippen molar-refractivity contribution in [2.75, 3.05) is 18.9 Å². The number of ether oxygens (including phenoxy) is 1. The molecule has 0 spiro atoms. The zero-order valence-corrected chi connectivity index (χ0v) is 24.7. The standard InChI is InChI=1S/C20H22FN9O8P2S2/c21-13-11-7-35-39(32,41)34-6-5-30-12(25-16(28-30)10-1-3-23-4-2-10)8-36-40(33,42)38-15(13)19(37-11)29-9-24-14-17(29)26-20(22)27-18(14)31/h1-4,9,11,13,15,19H,5-8H2,(H5,22,26,27,31,32,33,41,42)/p+1/t11-,13-,15-,19-,39?,40?/m1/s1. The molecule has 5 N–H and O–H groups in total. The molecule has 1 fully saturated rings. The molecule has 6 rings (SSSR count). The van der Waals surface area contributed by atoms with Crippen molar-refractivity contribution >= 4 is 54.7 Å². The molecule has 2 aliphatic heterocycles. The third-order valence-electron chi connectivity index (χ3n) is 6.31. The van der Waals surface area contributed by atoms with Gasteiger partial charge in [0.1, 0.15) is 12.7 Å². The molecular weight excluding hydrogens is 639 g/mol. The van der Waals surface area contributed by atoms with Gasteiger partial charge in [-0.1, -0.05) is 17.2 Å². The molecule has 22 heteroatoms. The van der Waals surface area contributed by atoms with Crippen LogP contribution >= 0.6 is 25.8 Å². The topological polar surface area (TPSA) is 218 Å². The number of pyridine rings is 1. The maximum Gasteiger partial charge on any atom is 0.387 e. The Morgan fingerprint density at radius 2 is 2.05 bits per heavy atom. The summed E-state index contributed by atoms with van der Waals surface area (Å²) in [5.41, 5.74) is 5.77. The second-order valence-corrected chi connectivity index (χ2v) is 14.8. The molecule has 2 aliphatic rings. The lowest BCUT2D eigenvalue weighted by Crippen LogP contribution is -2.46. The van der Waals surface area contributed by atoms with Gasteiger partial charge in [-0.25, -0.2) is 23.2 Å². The number of imidazole rings is 1. The maximum atomic E-state index is 15.9. The van der Waals surface area contributed by atoms with Crippen LogP contribution in [0.4, 0.5) is 10.3 Å². The van der Waals surface area contributed by atoms with Crippen LogP contribution in [0.5, 0.6) is 0 Å². The van der Waals surface area contributed by atoms with Crippen LogP contribution in [0, 0.1) is 0 Å². The Balaban J connectivity index is 1.35. The lowest BCUT2D eigenvalue weighted by atomic mass is 10.1. The van der Waals surface area contributed by atoms with Gasteiger partial charge in [0.2, 0.25) is 11.7 Å². The number of H-pyrrole nitrogens is 2. The number of nitrogens with zero attached hydrogens (tertiary/aromatic N) is 6. The SMILES string of the molecule is Nc1nc2c([nH]c[n+]2[C@@H]2O[C@@H]3COP(O)(=S)OCCn4nc(-c5ccncc5)nc4COP(=O)(S)O[C@@H]2[C@@H]3F)c(=O)[nH]1. The monoisotopic (exact) mass is 662 g/mol. The van der Waals surface area contributed by atoms with Crippen LogP contribution in [-0.4, -0.2) is 71.2 Å². The summed E-state index contributed by atoms with van der Waals surface area (Å²) in [6, 6.07) is 3.38. The van der Waals surface area contributed by atoms with E-state index >= 15 is 4.39 Å². The van der Waals surface area contributed by atoms with Crippen molar-refractivity contribution in [2.24, 2.45) is 0 Å². The number of alkyl halides is 1. The van der Waals surface area contributed by atoms with E-state index in [2.05, 4.69) is 42.3 Å². The number of nitrogens with one attached hydrogen (secondary N) is 2. The molecule has 4 aromatic rings. The normalized spacial score (nSPS) is 30.9. The summed E-state index contributed by atoms with van der Waals surface area (Å²) in [6.45, 7) is -9.23. The number of aromatic amines is 2. The van der Waals surface area contributed by atoms with Gasteiger partial charge in [-0.2, -0.15) is 5.10 Å². The van der Waals surface area contributed by atoms with E-state index in [9.17, 15) is 14.3 Å². The van der Waals surface area contributed by atoms with E-state index in [0.717, 1.165) is 0 Å². The number of aromatic nitrogens is 8. The zero-order valence-electron chi connectivity index (χ0n) is 21.2. The first kappa shape index (κ1) is 29.4. The van der Waals surface area contributed by atoms with Gasteiger partial charge in [0, 0.05) is 18.0 Å². The Morgan fingerprint density at radius 1 is 1.26 bits per heavy atom. The van der Waals surface area contributed by atoms with Crippen LogP contribution in [0.3, 0.4) is 0 Å². The van der Waals surface area contributed by atoms with Crippen molar-refractivity contribution in [3.05, 3.63) is 47.0 Å². The van der Waals surface area contributed by atoms with Gasteiger partial charge in [0.25, 0.3) is 11.5 Å². The summed E-state index contributed by atoms with van der Waals surface area (Å²) in [4.78, 5) is 40.5. The van der Waals surface area contributed by atoms with Gasteiger partial charge in [-0.05, 0) is 23.9 Å². The molecule has 2 unspecified atom stereocenters. The largest absolute Gasteiger partial charge is 0.387 e. The van der Waals surface area contributed by atoms with E-state index in [1.165, 1.54) is 15.6 Å². The van der Waals surface area contributed by atoms with Crippen molar-refractivity contribution in [1.82, 2.24) is 34.7 Å². The second kappa shape index (κ2) is 11.5. The number of hydrogen-bond acceptors (Lipinski definition) is 13. The lowest BCUT2D eigenvalue weighted by Gasteiger charge is -2.21. The summed E-state index contributed by atoms with van der Waals surface area (Å²) in [5.74, 6) is 0.295. The molecule has 4 aromatic heterocycles. The van der Waals surface area contributed by atoms with E-state index in [0.29, 0.717) is 11.4 Å². The van der Waals surface area contributed by atoms with Crippen molar-refractivity contribution < 1.29 is 41.2 Å². The highest BCUT2D eigenvalue weighted by molar-refractivity contribution is 8.44. The zero-order chi connectivity index (χ0) is 29.6. The van der Waals surface area contributed by atoms with Crippen molar-refractivity contribution in [1.29, 1.82) is 0 Å². The minimum atomic E-state index is -4.31. The van der Waals surface area contributed by atoms with Crippen LogP contribution in [0.25, 0.3) is 22.6 Å². The third-order valence-corrected chi connectivity index (χ3v) is 9.52. The van der Waals surface area contributed by atoms with Crippen LogP contribution in [0.15, 0.2) is 35.6 Å². The highest BCUT2D eigenvalue weighted by atomic mass is 32.7. The van der Waals surface area contributed by atoms with Gasteiger partial charge < -0.3 is 24.4 Å². The molecule has 2 bridgehead atoms. The summed E-state index contributed by atoms with van der Waals surface area (Å²) < 4.78 is 59.7. The first-order chi connectivity index (χ1) is 20.0. The Morgan fingerprint density at radius 3 is 2.83 bits per heavy atom. The molecular formula is C20H23FN9O8P2S2+. The van der Waals surface area contributed by atoms with Gasteiger partial charge in [-0.3, -0.25) is 28.8 Å². The first-order valence-electron chi connectivity index (χ1n) is 12.2. The van der Waals surface area contributed by atoms with Crippen LogP contribution in [-0.2, 0) is 52.4 Å². The highest BCUT2D eigenvalue weighted by Gasteiger charge is 2.52. The quantitative estimate of drug-likeness (QED) is 0.115. The van der Waals surface area contributed by atoms with Crippen LogP contribution in [0.1, 0.15) is 12.1 Å². The molecule has 17 nitrogen and oxygen atoms in total. The smallest absolute Gasteiger partial charge is 0.355 e. The molecule has 224 valence electrons. The lowest BCUT2D eigenvalue weighted by molar-refractivity contribution is -0.744. The summed E-state index contributed by atoms with van der Waals surface area (Å²) in [7, 11) is 0. The van der Waals surface area contributed by atoms with Gasteiger partial charge in [-0.15, -0.1) is 0 Å². The van der Waals surface area contributed by atoms with Crippen LogP contribution < -0.4 is 15.9 Å². The van der Waals surface area contributed by atoms with E-state index in [1.54, 1.807) is 24.5 Å². The molecule has 0 aromatic carbocycles. The Kier molecular flexibility index (Phi) is 8.03. The molecule has 0 saturated carbocycles. The molecule has 6 heterocycles. The number of fused-ring (bicyclic) bond motifs is 4.